The Bertz CT molecular complexity index is 1170. The first-order valence-electron chi connectivity index (χ1n) is 12.2. The Labute approximate surface area is 234 Å². The van der Waals surface area contributed by atoms with Gasteiger partial charge < -0.3 is 10.2 Å². The number of carbonyl (C=O) groups excluding carboxylic acids is 2. The molecule has 7 heteroatoms. The lowest BCUT2D eigenvalue weighted by Crippen LogP contribution is -2.54. The normalized spacial score (nSPS) is 12.2. The summed E-state index contributed by atoms with van der Waals surface area (Å²) in [4.78, 5) is 29.0. The first kappa shape index (κ1) is 29.1. The standard InChI is InChI=1S/C30H34Cl2N2O2S/c1-21-13-15-23(16-14-21)18-34(28(35)20-37-19-24-25(31)11-8-12-26(24)32)27(29(36)33-30(2,3)4)17-22-9-6-5-7-10-22/h5-16,27H,17-20H2,1-4H3,(H,33,36)/t27-/m1/s1. The molecule has 3 rings (SSSR count). The molecule has 3 aromatic rings. The predicted molar refractivity (Wildman–Crippen MR) is 156 cm³/mol. The van der Waals surface area contributed by atoms with E-state index in [0.29, 0.717) is 28.8 Å². The fraction of sp³-hybridized carbons (Fsp3) is 0.333. The minimum atomic E-state index is -0.667. The van der Waals surface area contributed by atoms with Crippen molar-refractivity contribution >= 4 is 46.8 Å². The highest BCUT2D eigenvalue weighted by Crippen LogP contribution is 2.28. The van der Waals surface area contributed by atoms with Gasteiger partial charge in [0.25, 0.3) is 0 Å². The van der Waals surface area contributed by atoms with E-state index in [1.54, 1.807) is 23.1 Å². The van der Waals surface area contributed by atoms with Crippen LogP contribution in [0.1, 0.15) is 43.0 Å². The molecule has 196 valence electrons. The molecule has 4 nitrogen and oxygen atoms in total. The van der Waals surface area contributed by atoms with Gasteiger partial charge in [-0.15, -0.1) is 11.8 Å². The van der Waals surface area contributed by atoms with E-state index in [2.05, 4.69) is 5.32 Å². The summed E-state index contributed by atoms with van der Waals surface area (Å²) in [5.41, 5.74) is 3.48. The molecule has 0 aromatic heterocycles. The van der Waals surface area contributed by atoms with Gasteiger partial charge in [-0.1, -0.05) is 89.4 Å². The Hall–Kier alpha value is -2.47. The fourth-order valence-corrected chi connectivity index (χ4v) is 5.54. The third-order valence-electron chi connectivity index (χ3n) is 5.78. The van der Waals surface area contributed by atoms with Gasteiger partial charge in [0.1, 0.15) is 6.04 Å². The summed E-state index contributed by atoms with van der Waals surface area (Å²) in [5.74, 6) is 0.413. The van der Waals surface area contributed by atoms with Crippen LogP contribution in [-0.4, -0.2) is 34.0 Å². The first-order chi connectivity index (χ1) is 17.5. The van der Waals surface area contributed by atoms with Crippen LogP contribution in [0, 0.1) is 6.92 Å². The lowest BCUT2D eigenvalue weighted by atomic mass is 10.0. The summed E-state index contributed by atoms with van der Waals surface area (Å²) in [6, 6.07) is 22.6. The highest BCUT2D eigenvalue weighted by atomic mass is 35.5. The van der Waals surface area contributed by atoms with Gasteiger partial charge in [0, 0.05) is 34.3 Å². The summed E-state index contributed by atoms with van der Waals surface area (Å²) in [6.45, 7) is 8.19. The number of aryl methyl sites for hydroxylation is 1. The SMILES string of the molecule is Cc1ccc(CN(C(=O)CSCc2c(Cl)cccc2Cl)[C@H](Cc2ccccc2)C(=O)NC(C)(C)C)cc1. The molecule has 2 amide bonds. The molecule has 0 saturated heterocycles. The number of benzene rings is 3. The molecule has 0 fully saturated rings. The van der Waals surface area contributed by atoms with Crippen LogP contribution >= 0.6 is 35.0 Å². The van der Waals surface area contributed by atoms with Gasteiger partial charge in [0.15, 0.2) is 0 Å². The number of rotatable bonds is 10. The second-order valence-electron chi connectivity index (χ2n) is 10.1. The molecule has 0 aliphatic heterocycles. The number of nitrogens with zero attached hydrogens (tertiary/aromatic N) is 1. The van der Waals surface area contributed by atoms with E-state index in [1.807, 2.05) is 82.3 Å². The van der Waals surface area contributed by atoms with Crippen LogP contribution in [0.25, 0.3) is 0 Å². The molecule has 0 radical (unpaired) electrons. The number of amides is 2. The molecular weight excluding hydrogens is 523 g/mol. The summed E-state index contributed by atoms with van der Waals surface area (Å²) >= 11 is 14.1. The molecule has 0 aliphatic rings. The molecular formula is C30H34Cl2N2O2S. The van der Waals surface area contributed by atoms with Crippen molar-refractivity contribution in [3.05, 3.63) is 105 Å². The van der Waals surface area contributed by atoms with E-state index in [-0.39, 0.29) is 17.6 Å². The van der Waals surface area contributed by atoms with Gasteiger partial charge >= 0.3 is 0 Å². The van der Waals surface area contributed by atoms with Crippen molar-refractivity contribution in [3.8, 4) is 0 Å². The summed E-state index contributed by atoms with van der Waals surface area (Å²) < 4.78 is 0. The molecule has 0 unspecified atom stereocenters. The lowest BCUT2D eigenvalue weighted by molar-refractivity contribution is -0.140. The molecule has 1 atom stereocenters. The number of halogens is 2. The Morgan fingerprint density at radius 1 is 0.892 bits per heavy atom. The number of thioether (sulfide) groups is 1. The van der Waals surface area contributed by atoms with Crippen LogP contribution in [0.3, 0.4) is 0 Å². The van der Waals surface area contributed by atoms with Crippen molar-refractivity contribution in [3.63, 3.8) is 0 Å². The van der Waals surface area contributed by atoms with Crippen LogP contribution in [0.5, 0.6) is 0 Å². The van der Waals surface area contributed by atoms with Crippen LogP contribution in [-0.2, 0) is 28.3 Å². The zero-order valence-electron chi connectivity index (χ0n) is 21.8. The van der Waals surface area contributed by atoms with Crippen LogP contribution < -0.4 is 5.32 Å². The predicted octanol–water partition coefficient (Wildman–Crippen LogP) is 7.09. The Morgan fingerprint density at radius 2 is 1.51 bits per heavy atom. The van der Waals surface area contributed by atoms with E-state index in [9.17, 15) is 9.59 Å². The topological polar surface area (TPSA) is 49.4 Å². The molecule has 0 saturated carbocycles. The van der Waals surface area contributed by atoms with Crippen LogP contribution in [0.15, 0.2) is 72.8 Å². The van der Waals surface area contributed by atoms with E-state index >= 15 is 0 Å². The second-order valence-corrected chi connectivity index (χ2v) is 11.9. The zero-order chi connectivity index (χ0) is 27.0. The van der Waals surface area contributed by atoms with Gasteiger partial charge in [-0.2, -0.15) is 0 Å². The summed E-state index contributed by atoms with van der Waals surface area (Å²) in [7, 11) is 0. The molecule has 0 spiro atoms. The van der Waals surface area contributed by atoms with Crippen molar-refractivity contribution < 1.29 is 9.59 Å². The summed E-state index contributed by atoms with van der Waals surface area (Å²) in [5, 5.41) is 4.25. The smallest absolute Gasteiger partial charge is 0.243 e. The number of hydrogen-bond donors (Lipinski definition) is 1. The fourth-order valence-electron chi connectivity index (χ4n) is 3.89. The second kappa shape index (κ2) is 13.4. The quantitative estimate of drug-likeness (QED) is 0.290. The third kappa shape index (κ3) is 9.10. The Balaban J connectivity index is 1.88. The average molecular weight is 558 g/mol. The number of carbonyl (C=O) groups is 2. The number of nitrogens with one attached hydrogen (secondary N) is 1. The minimum Gasteiger partial charge on any atom is -0.350 e. The van der Waals surface area contributed by atoms with Crippen molar-refractivity contribution in [2.45, 2.75) is 58.0 Å². The van der Waals surface area contributed by atoms with E-state index in [1.165, 1.54) is 11.8 Å². The highest BCUT2D eigenvalue weighted by Gasteiger charge is 2.32. The monoisotopic (exact) mass is 556 g/mol. The maximum absolute atomic E-state index is 13.7. The molecule has 0 aliphatic carbocycles. The third-order valence-corrected chi connectivity index (χ3v) is 7.43. The van der Waals surface area contributed by atoms with Gasteiger partial charge in [-0.3, -0.25) is 9.59 Å². The first-order valence-corrected chi connectivity index (χ1v) is 14.2. The highest BCUT2D eigenvalue weighted by molar-refractivity contribution is 7.99. The summed E-state index contributed by atoms with van der Waals surface area (Å²) in [6.07, 6.45) is 0.418. The van der Waals surface area contributed by atoms with E-state index in [0.717, 1.165) is 22.3 Å². The van der Waals surface area contributed by atoms with Crippen LogP contribution in [0.2, 0.25) is 10.0 Å². The van der Waals surface area contributed by atoms with Gasteiger partial charge in [0.05, 0.1) is 5.75 Å². The molecule has 37 heavy (non-hydrogen) atoms. The van der Waals surface area contributed by atoms with Crippen molar-refractivity contribution in [2.24, 2.45) is 0 Å². The molecule has 3 aromatic carbocycles. The Kier molecular flexibility index (Phi) is 10.5. The van der Waals surface area contributed by atoms with E-state index < -0.39 is 11.6 Å². The minimum absolute atomic E-state index is 0.112. The van der Waals surface area contributed by atoms with Gasteiger partial charge in [-0.05, 0) is 56.5 Å². The van der Waals surface area contributed by atoms with E-state index in [4.69, 9.17) is 23.2 Å². The molecule has 0 heterocycles. The lowest BCUT2D eigenvalue weighted by Gasteiger charge is -2.34. The van der Waals surface area contributed by atoms with Crippen molar-refractivity contribution in [1.82, 2.24) is 10.2 Å². The largest absolute Gasteiger partial charge is 0.350 e. The zero-order valence-corrected chi connectivity index (χ0v) is 24.1. The van der Waals surface area contributed by atoms with Crippen LogP contribution in [0.4, 0.5) is 0 Å². The van der Waals surface area contributed by atoms with Gasteiger partial charge in [-0.25, -0.2) is 0 Å². The van der Waals surface area contributed by atoms with Crippen molar-refractivity contribution in [2.75, 3.05) is 5.75 Å². The maximum Gasteiger partial charge on any atom is 0.243 e. The Morgan fingerprint density at radius 3 is 2.11 bits per heavy atom. The molecule has 0 bridgehead atoms. The maximum atomic E-state index is 13.7. The van der Waals surface area contributed by atoms with Crippen molar-refractivity contribution in [1.29, 1.82) is 0 Å². The average Bonchev–Trinajstić information content (AvgIpc) is 2.83. The van der Waals surface area contributed by atoms with Gasteiger partial charge in [0.2, 0.25) is 11.8 Å². The molecule has 1 N–H and O–H groups in total. The number of hydrogen-bond acceptors (Lipinski definition) is 3.